The Hall–Kier alpha value is -3.75. The normalized spacial score (nSPS) is 13.9. The first kappa shape index (κ1) is 53.2. The molecule has 2 unspecified atom stereocenters. The molecular weight excluding hydrogens is 715 g/mol. The number of aliphatic carboxylic acids is 1. The van der Waals surface area contributed by atoms with Gasteiger partial charge in [-0.2, -0.15) is 0 Å². The van der Waals surface area contributed by atoms with Crippen LogP contribution in [-0.2, 0) is 28.6 Å². The number of rotatable bonds is 37. The van der Waals surface area contributed by atoms with Crippen molar-refractivity contribution >= 4 is 17.9 Å². The van der Waals surface area contributed by atoms with Gasteiger partial charge in [0, 0.05) is 19.3 Å². The molecule has 8 nitrogen and oxygen atoms in total. The van der Waals surface area contributed by atoms with Crippen LogP contribution in [0.5, 0.6) is 0 Å². The molecule has 0 aromatic heterocycles. The van der Waals surface area contributed by atoms with Crippen molar-refractivity contribution in [2.75, 3.05) is 41.0 Å². The number of unbranched alkanes of at least 4 members (excludes halogenated alkanes) is 13. The lowest BCUT2D eigenvalue weighted by atomic mass is 10.1. The van der Waals surface area contributed by atoms with E-state index in [-0.39, 0.29) is 55.5 Å². The number of quaternary nitrogens is 1. The molecule has 0 rings (SSSR count). The third-order valence-corrected chi connectivity index (χ3v) is 9.14. The Morgan fingerprint density at radius 2 is 0.982 bits per heavy atom. The molecule has 0 aliphatic carbocycles. The lowest BCUT2D eigenvalue weighted by Crippen LogP contribution is -2.55. The van der Waals surface area contributed by atoms with Gasteiger partial charge in [0.05, 0.1) is 40.3 Å². The minimum atomic E-state index is -1.14. The summed E-state index contributed by atoms with van der Waals surface area (Å²) in [6, 6.07) is -0.743. The maximum atomic E-state index is 12.7. The van der Waals surface area contributed by atoms with Crippen molar-refractivity contribution in [1.82, 2.24) is 0 Å². The van der Waals surface area contributed by atoms with Gasteiger partial charge in [-0.15, -0.1) is 0 Å². The first-order valence-corrected chi connectivity index (χ1v) is 21.9. The van der Waals surface area contributed by atoms with Crippen LogP contribution >= 0.6 is 0 Å². The highest BCUT2D eigenvalue weighted by Crippen LogP contribution is 2.12. The van der Waals surface area contributed by atoms with Crippen LogP contribution in [0.3, 0.4) is 0 Å². The number of ether oxygens (including phenoxy) is 3. The smallest absolute Gasteiger partial charge is 0.306 e. The van der Waals surface area contributed by atoms with Crippen LogP contribution in [0.2, 0.25) is 0 Å². The van der Waals surface area contributed by atoms with Crippen LogP contribution in [0.1, 0.15) is 142 Å². The summed E-state index contributed by atoms with van der Waals surface area (Å²) in [5.74, 6) is -1.84. The number of carboxylic acid groups (broad SMARTS) is 1. The molecule has 0 aliphatic heterocycles. The Balaban J connectivity index is 4.52. The third-order valence-electron chi connectivity index (χ3n) is 9.14. The lowest BCUT2D eigenvalue weighted by molar-refractivity contribution is -0.889. The van der Waals surface area contributed by atoms with Crippen molar-refractivity contribution in [3.8, 4) is 0 Å². The van der Waals surface area contributed by atoms with E-state index in [9.17, 15) is 19.5 Å². The maximum Gasteiger partial charge on any atom is 0.306 e. The number of carbonyl (C=O) groups excluding carboxylic acids is 3. The van der Waals surface area contributed by atoms with Gasteiger partial charge in [0.1, 0.15) is 12.6 Å². The second kappa shape index (κ2) is 39.1. The second-order valence-electron chi connectivity index (χ2n) is 15.4. The fourth-order valence-electron chi connectivity index (χ4n) is 5.74. The van der Waals surface area contributed by atoms with Gasteiger partial charge in [-0.05, 0) is 57.8 Å². The second-order valence-corrected chi connectivity index (χ2v) is 15.4. The van der Waals surface area contributed by atoms with Crippen LogP contribution in [0.25, 0.3) is 0 Å². The Kier molecular flexibility index (Phi) is 36.5. The largest absolute Gasteiger partial charge is 0.544 e. The molecule has 0 saturated carbocycles. The minimum absolute atomic E-state index is 0.00869. The zero-order valence-corrected chi connectivity index (χ0v) is 36.5. The average molecular weight is 794 g/mol. The molecule has 322 valence electrons. The maximum absolute atomic E-state index is 12.7. The Morgan fingerprint density at radius 3 is 1.47 bits per heavy atom. The quantitative estimate of drug-likeness (QED) is 0.0267. The van der Waals surface area contributed by atoms with Crippen LogP contribution in [-0.4, -0.2) is 75.5 Å². The van der Waals surface area contributed by atoms with E-state index in [4.69, 9.17) is 14.2 Å². The fraction of sp³-hybridized carbons (Fsp3) is 0.612. The molecule has 57 heavy (non-hydrogen) atoms. The Bertz CT molecular complexity index is 1250. The van der Waals surface area contributed by atoms with Crippen molar-refractivity contribution in [3.63, 3.8) is 0 Å². The number of nitrogens with zero attached hydrogens (tertiary/aromatic N) is 1. The summed E-state index contributed by atoms with van der Waals surface area (Å²) < 4.78 is 17.1. The summed E-state index contributed by atoms with van der Waals surface area (Å²) in [5.41, 5.74) is 0. The number of esters is 2. The van der Waals surface area contributed by atoms with Crippen molar-refractivity contribution in [3.05, 3.63) is 97.2 Å². The number of allylic oxidation sites excluding steroid dienone is 16. The SMILES string of the molecule is CC/C=C/C=C/C=C/C=C/C=C/C=C/CCCCCC(=O)OCC(COCCC(C(=O)[O-])[N+](C)(C)C)OC(=O)CCCCC/C=C/C=C/CCCCCCCCC. The van der Waals surface area contributed by atoms with E-state index >= 15 is 0 Å². The predicted molar refractivity (Wildman–Crippen MR) is 235 cm³/mol. The molecule has 8 heteroatoms. The van der Waals surface area contributed by atoms with Crippen molar-refractivity contribution in [1.29, 1.82) is 0 Å². The summed E-state index contributed by atoms with van der Waals surface area (Å²) in [4.78, 5) is 36.8. The van der Waals surface area contributed by atoms with E-state index in [1.807, 2.05) is 60.8 Å². The third kappa shape index (κ3) is 37.6. The molecule has 2 atom stereocenters. The van der Waals surface area contributed by atoms with Gasteiger partial charge in [-0.25, -0.2) is 0 Å². The van der Waals surface area contributed by atoms with E-state index < -0.39 is 18.1 Å². The molecule has 0 saturated heterocycles. The van der Waals surface area contributed by atoms with Gasteiger partial charge >= 0.3 is 11.9 Å². The Morgan fingerprint density at radius 1 is 0.544 bits per heavy atom. The standard InChI is InChI=1S/C49H79NO7/c1-6-8-10-12-14-16-18-20-22-24-26-27-29-31-33-35-37-39-47(51)56-44-45(43-55-42-41-46(49(53)54)50(3,4)5)57-48(52)40-38-36-34-32-30-28-25-23-21-19-17-15-13-11-9-7-2/h8,10,12,14,16,18,20,22-30,45-46H,6-7,9,11,13,15,17,19,21,31-44H2,1-5H3/b10-8+,14-12+,18-16+,22-20+,25-23+,26-24+,29-27+,30-28+. The van der Waals surface area contributed by atoms with Gasteiger partial charge in [0.25, 0.3) is 0 Å². The van der Waals surface area contributed by atoms with Crippen LogP contribution in [0.4, 0.5) is 0 Å². The first-order chi connectivity index (χ1) is 27.6. The summed E-state index contributed by atoms with van der Waals surface area (Å²) in [5, 5.41) is 11.6. The van der Waals surface area contributed by atoms with Gasteiger partial charge in [0.15, 0.2) is 6.10 Å². The molecule has 0 heterocycles. The molecule has 0 bridgehead atoms. The van der Waals surface area contributed by atoms with Gasteiger partial charge in [-0.3, -0.25) is 9.59 Å². The van der Waals surface area contributed by atoms with Gasteiger partial charge < -0.3 is 28.6 Å². The number of hydrogen-bond acceptors (Lipinski definition) is 7. The van der Waals surface area contributed by atoms with Crippen LogP contribution < -0.4 is 5.11 Å². The lowest BCUT2D eigenvalue weighted by Gasteiger charge is -2.34. The average Bonchev–Trinajstić information content (AvgIpc) is 3.17. The van der Waals surface area contributed by atoms with Crippen molar-refractivity contribution in [2.24, 2.45) is 0 Å². The van der Waals surface area contributed by atoms with Gasteiger partial charge in [-0.1, -0.05) is 162 Å². The molecule has 0 aliphatic rings. The molecule has 0 fully saturated rings. The summed E-state index contributed by atoms with van der Waals surface area (Å²) in [6.45, 7) is 4.41. The molecule has 0 aromatic rings. The van der Waals surface area contributed by atoms with Crippen molar-refractivity contribution < 1.29 is 38.2 Å². The molecule has 0 aromatic carbocycles. The van der Waals surface area contributed by atoms with E-state index in [2.05, 4.69) is 50.3 Å². The highest BCUT2D eigenvalue weighted by atomic mass is 16.6. The van der Waals surface area contributed by atoms with E-state index in [1.54, 1.807) is 21.1 Å². The topological polar surface area (TPSA) is 102 Å². The van der Waals surface area contributed by atoms with E-state index in [0.29, 0.717) is 12.8 Å². The molecule has 0 radical (unpaired) electrons. The summed E-state index contributed by atoms with van der Waals surface area (Å²) in [6.07, 6.45) is 51.4. The molecular formula is C49H79NO7. The first-order valence-electron chi connectivity index (χ1n) is 21.9. The van der Waals surface area contributed by atoms with Crippen molar-refractivity contribution in [2.45, 2.75) is 154 Å². The van der Waals surface area contributed by atoms with E-state index in [1.165, 1.54) is 44.9 Å². The van der Waals surface area contributed by atoms with E-state index in [0.717, 1.165) is 51.4 Å². The van der Waals surface area contributed by atoms with Crippen LogP contribution in [0.15, 0.2) is 97.2 Å². The fourth-order valence-corrected chi connectivity index (χ4v) is 5.74. The molecule has 0 amide bonds. The number of carboxylic acids is 1. The zero-order chi connectivity index (χ0) is 42.1. The number of carbonyl (C=O) groups is 3. The number of likely N-dealkylation sites (N-methyl/N-ethyl adjacent to an activating group) is 1. The highest BCUT2D eigenvalue weighted by Gasteiger charge is 2.25. The number of hydrogen-bond donors (Lipinski definition) is 0. The minimum Gasteiger partial charge on any atom is -0.544 e. The monoisotopic (exact) mass is 794 g/mol. The predicted octanol–water partition coefficient (Wildman–Crippen LogP) is 10.6. The highest BCUT2D eigenvalue weighted by molar-refractivity contribution is 5.70. The summed E-state index contributed by atoms with van der Waals surface area (Å²) >= 11 is 0. The molecule has 0 N–H and O–H groups in total. The zero-order valence-electron chi connectivity index (χ0n) is 36.5. The molecule has 0 spiro atoms. The van der Waals surface area contributed by atoms with Gasteiger partial charge in [0.2, 0.25) is 0 Å². The summed E-state index contributed by atoms with van der Waals surface area (Å²) in [7, 11) is 5.37. The Labute approximate surface area is 347 Å². The van der Waals surface area contributed by atoms with Crippen LogP contribution in [0, 0.1) is 0 Å².